The van der Waals surface area contributed by atoms with Crippen molar-refractivity contribution in [3.63, 3.8) is 0 Å². The number of amidine groups is 2. The van der Waals surface area contributed by atoms with Crippen LogP contribution in [0.25, 0.3) is 0 Å². The van der Waals surface area contributed by atoms with Crippen molar-refractivity contribution in [1.29, 1.82) is 10.8 Å². The van der Waals surface area contributed by atoms with E-state index in [-0.39, 0.29) is 81.4 Å². The van der Waals surface area contributed by atoms with E-state index in [1.807, 2.05) is 0 Å². The van der Waals surface area contributed by atoms with Gasteiger partial charge in [0.1, 0.15) is 47.2 Å². The molecule has 0 aliphatic heterocycles. The summed E-state index contributed by atoms with van der Waals surface area (Å²) in [6.45, 7) is 4.98. The summed E-state index contributed by atoms with van der Waals surface area (Å²) < 4.78 is 40.3. The Kier molecular flexibility index (Phi) is 16.5. The van der Waals surface area contributed by atoms with Gasteiger partial charge in [0, 0.05) is 25.2 Å². The van der Waals surface area contributed by atoms with Crippen LogP contribution in [0, 0.1) is 22.5 Å². The Balaban J connectivity index is 2.02. The third-order valence-corrected chi connectivity index (χ3v) is 6.48. The van der Waals surface area contributed by atoms with Gasteiger partial charge in [-0.25, -0.2) is 8.78 Å². The summed E-state index contributed by atoms with van der Waals surface area (Å²) in [5, 5.41) is 51.1. The molecule has 47 heavy (non-hydrogen) atoms. The maximum absolute atomic E-state index is 14.5. The smallest absolute Gasteiger partial charge is 0.411 e. The normalized spacial score (nSPS) is 10.7. The third kappa shape index (κ3) is 12.8. The predicted molar refractivity (Wildman–Crippen MR) is 183 cm³/mol. The molecule has 0 atom stereocenters. The molecule has 0 aromatic heterocycles. The average Bonchev–Trinajstić information content (AvgIpc) is 3.00. The lowest BCUT2D eigenvalue weighted by Crippen LogP contribution is -2.55. The number of carbonyl (C=O) groups is 2. The molecule has 0 aliphatic rings. The molecule has 14 nitrogen and oxygen atoms in total. The van der Waals surface area contributed by atoms with Crippen LogP contribution in [0.5, 0.6) is 11.5 Å². The van der Waals surface area contributed by atoms with Crippen molar-refractivity contribution in [3.8, 4) is 11.5 Å². The van der Waals surface area contributed by atoms with Crippen molar-refractivity contribution in [2.24, 2.45) is 4.90 Å². The monoisotopic (exact) mass is 653 g/mol. The highest BCUT2D eigenvalue weighted by Gasteiger charge is 2.29. The number of nitrogens with zero attached hydrogens (tertiary/aromatic N) is 3. The zero-order valence-corrected chi connectivity index (χ0v) is 26.6. The molecule has 0 fully saturated rings. The van der Waals surface area contributed by atoms with E-state index in [9.17, 15) is 33.4 Å². The average molecular weight is 653 g/mol. The number of rotatable bonds is 19. The van der Waals surface area contributed by atoms with E-state index in [0.717, 1.165) is 12.1 Å². The Bertz CT molecular complexity index is 1400. The van der Waals surface area contributed by atoms with E-state index in [2.05, 4.69) is 15.4 Å². The lowest BCUT2D eigenvalue weighted by Gasteiger charge is -2.36. The first-order valence-electron chi connectivity index (χ1n) is 14.9. The predicted octanol–water partition coefficient (Wildman–Crippen LogP) is -0.593. The van der Waals surface area contributed by atoms with Gasteiger partial charge in [-0.3, -0.25) is 10.8 Å². The zero-order valence-electron chi connectivity index (χ0n) is 26.6. The minimum absolute atomic E-state index is 0.0212. The number of carbonyl (C=O) groups excluding carboxylic acids is 2. The fourth-order valence-electron chi connectivity index (χ4n) is 4.33. The number of hydrogen-bond donors (Lipinski definition) is 7. The number of ether oxygens (including phenoxy) is 2. The second-order valence-electron chi connectivity index (χ2n) is 10.3. The molecule has 2 aromatic rings. The minimum Gasteiger partial charge on any atom is -0.493 e. The molecule has 21 heteroatoms. The van der Waals surface area contributed by atoms with Gasteiger partial charge in [-0.1, -0.05) is 0 Å². The Hall–Kier alpha value is -4.35. The molecule has 0 saturated carbocycles. The second-order valence-corrected chi connectivity index (χ2v) is 10.3. The third-order valence-electron chi connectivity index (χ3n) is 6.48. The van der Waals surface area contributed by atoms with Crippen LogP contribution in [0.15, 0.2) is 41.3 Å². The van der Waals surface area contributed by atoms with Gasteiger partial charge in [0.05, 0.1) is 24.3 Å². The van der Waals surface area contributed by atoms with E-state index in [1.54, 1.807) is 0 Å². The van der Waals surface area contributed by atoms with Crippen molar-refractivity contribution < 1.29 is 42.9 Å². The fraction of sp³-hybridized carbons (Fsp3) is 0.346. The minimum atomic E-state index is -1.08. The van der Waals surface area contributed by atoms with Gasteiger partial charge in [0.25, 0.3) is 0 Å². The van der Waals surface area contributed by atoms with Crippen LogP contribution in [0.4, 0.5) is 8.78 Å². The topological polar surface area (TPSA) is 204 Å². The summed E-state index contributed by atoms with van der Waals surface area (Å²) in [5.41, 5.74) is -0.0586. The molecule has 0 bridgehead atoms. The van der Waals surface area contributed by atoms with Gasteiger partial charge >= 0.3 is 36.0 Å². The standard InChI is InChI=1S/C26H38B5F2N7O7/c1-29(43)38-25(35)21-9-7-19(15-23(21)33)47-13-5-11-40(31(3)45)26(37-28-17-42)39(30(2)44)10-4-12-46-18-6-8-20(22(32)14-18)24(34)36-27-16-41/h6-9,14-17,27-28,43-45H,4-5,10-13H2,1-3H3,(H2,34,36)(H2,35,38)/b37-26+. The van der Waals surface area contributed by atoms with Crippen LogP contribution in [0.3, 0.4) is 0 Å². The summed E-state index contributed by atoms with van der Waals surface area (Å²) in [6.07, 6.45) is 1.79. The number of halogens is 2. The highest BCUT2D eigenvalue weighted by molar-refractivity contribution is 6.67. The largest absolute Gasteiger partial charge is 0.493 e. The molecule has 0 spiro atoms. The first kappa shape index (κ1) is 38.8. The summed E-state index contributed by atoms with van der Waals surface area (Å²) in [4.78, 5) is 28.9. The van der Waals surface area contributed by atoms with Crippen molar-refractivity contribution in [2.45, 2.75) is 33.3 Å². The molecule has 0 radical (unpaired) electrons. The van der Waals surface area contributed by atoms with E-state index >= 15 is 0 Å². The molecule has 0 heterocycles. The summed E-state index contributed by atoms with van der Waals surface area (Å²) >= 11 is 0. The Morgan fingerprint density at radius 3 is 1.77 bits per heavy atom. The zero-order chi connectivity index (χ0) is 34.9. The molecule has 2 aromatic carbocycles. The van der Waals surface area contributed by atoms with E-state index in [4.69, 9.17) is 20.3 Å². The van der Waals surface area contributed by atoms with Crippen LogP contribution >= 0.6 is 0 Å². The molecular formula is C26H38B5F2N7O7. The Labute approximate surface area is 274 Å². The van der Waals surface area contributed by atoms with Crippen LogP contribution in [0.1, 0.15) is 24.0 Å². The first-order valence-corrected chi connectivity index (χ1v) is 14.9. The van der Waals surface area contributed by atoms with Crippen molar-refractivity contribution >= 4 is 66.0 Å². The van der Waals surface area contributed by atoms with Crippen LogP contribution in [0.2, 0.25) is 20.5 Å². The molecule has 0 unspecified atom stereocenters. The molecule has 248 valence electrons. The van der Waals surface area contributed by atoms with E-state index in [1.165, 1.54) is 54.4 Å². The Morgan fingerprint density at radius 2 is 1.36 bits per heavy atom. The molecular weight excluding hydrogens is 614 g/mol. The molecule has 0 aliphatic carbocycles. The fourth-order valence-corrected chi connectivity index (χ4v) is 4.33. The molecule has 0 amide bonds. The molecule has 0 saturated heterocycles. The van der Waals surface area contributed by atoms with Crippen LogP contribution in [-0.4, -0.2) is 117 Å². The molecule has 7 N–H and O–H groups in total. The second kappa shape index (κ2) is 20.0. The molecule has 2 rings (SSSR count). The van der Waals surface area contributed by atoms with Crippen molar-refractivity contribution in [2.75, 3.05) is 26.3 Å². The van der Waals surface area contributed by atoms with E-state index in [0.29, 0.717) is 25.2 Å². The highest BCUT2D eigenvalue weighted by atomic mass is 19.1. The quantitative estimate of drug-likeness (QED) is 0.0336. The number of benzene rings is 2. The number of nitrogens with one attached hydrogen (secondary N) is 4. The van der Waals surface area contributed by atoms with Gasteiger partial charge in [0.2, 0.25) is 0 Å². The van der Waals surface area contributed by atoms with Crippen LogP contribution < -0.4 is 19.9 Å². The van der Waals surface area contributed by atoms with E-state index < -0.39 is 32.8 Å². The SMILES string of the molecule is CB(O)NC(=N)c1ccc(OCCCN(B(C)O)/C(=N/BC=O)N(CCCOc2ccc(C(=N)NBC=O)c(F)c2)B(C)O)cc1F. The van der Waals surface area contributed by atoms with Gasteiger partial charge < -0.3 is 59.1 Å². The van der Waals surface area contributed by atoms with Gasteiger partial charge in [-0.2, -0.15) is 0 Å². The number of hydrogen-bond acceptors (Lipinski definition) is 10. The van der Waals surface area contributed by atoms with Crippen molar-refractivity contribution in [1.82, 2.24) is 20.1 Å². The first-order chi connectivity index (χ1) is 22.4. The van der Waals surface area contributed by atoms with Gasteiger partial charge in [-0.05, 0) is 57.6 Å². The maximum atomic E-state index is 14.5. The van der Waals surface area contributed by atoms with Gasteiger partial charge in [0.15, 0.2) is 5.96 Å². The summed E-state index contributed by atoms with van der Waals surface area (Å²) in [7, 11) is -3.54. The van der Waals surface area contributed by atoms with Crippen LogP contribution in [-0.2, 0) is 9.59 Å². The summed E-state index contributed by atoms with van der Waals surface area (Å²) in [6, 6.07) is 7.92. The maximum Gasteiger partial charge on any atom is 0.411 e. The lowest BCUT2D eigenvalue weighted by atomic mass is 9.81. The number of guanidine groups is 1. The van der Waals surface area contributed by atoms with Crippen molar-refractivity contribution in [3.05, 3.63) is 59.2 Å². The highest BCUT2D eigenvalue weighted by Crippen LogP contribution is 2.19. The van der Waals surface area contributed by atoms with Gasteiger partial charge in [-0.15, -0.1) is 0 Å². The lowest BCUT2D eigenvalue weighted by molar-refractivity contribution is 0.286. The Morgan fingerprint density at radius 1 is 0.872 bits per heavy atom. The summed E-state index contributed by atoms with van der Waals surface area (Å²) in [5.74, 6) is -1.36.